The molecule has 4 N–H and O–H groups in total. The van der Waals surface area contributed by atoms with Crippen LogP contribution in [0.3, 0.4) is 0 Å². The summed E-state index contributed by atoms with van der Waals surface area (Å²) in [6, 6.07) is 21.8. The number of hydrogen-bond donors (Lipinski definition) is 3. The Morgan fingerprint density at radius 3 is 2.18 bits per heavy atom. The number of carboxylic acid groups (broad SMARTS) is 1. The molecule has 0 aromatic heterocycles. The minimum atomic E-state index is -0.699. The Hall–Kier alpha value is -2.95. The third kappa shape index (κ3) is 8.68. The first-order valence-corrected chi connectivity index (χ1v) is 19.7. The maximum absolute atomic E-state index is 13.1. The molecule has 4 aliphatic carbocycles. The largest absolute Gasteiger partial charge is 0.481 e. The lowest BCUT2D eigenvalue weighted by atomic mass is 9.49. The van der Waals surface area contributed by atoms with Crippen LogP contribution in [0.1, 0.15) is 101 Å². The van der Waals surface area contributed by atoms with Crippen molar-refractivity contribution < 1.29 is 15.0 Å². The lowest BCUT2D eigenvalue weighted by Gasteiger charge is -2.55. The van der Waals surface area contributed by atoms with Gasteiger partial charge in [-0.2, -0.15) is 0 Å². The second-order valence-electron chi connectivity index (χ2n) is 16.1. The van der Waals surface area contributed by atoms with Crippen LogP contribution in [0, 0.1) is 47.3 Å². The Morgan fingerprint density at radius 1 is 0.816 bits per heavy atom. The van der Waals surface area contributed by atoms with Gasteiger partial charge in [0, 0.05) is 5.41 Å². The molecule has 4 aliphatic rings. The van der Waals surface area contributed by atoms with Gasteiger partial charge in [-0.15, -0.1) is 0 Å². The number of benzene rings is 2. The van der Waals surface area contributed by atoms with Gasteiger partial charge in [0.1, 0.15) is 0 Å². The highest BCUT2D eigenvalue weighted by molar-refractivity contribution is 5.73. The Bertz CT molecular complexity index is 1390. The third-order valence-corrected chi connectivity index (χ3v) is 13.1. The molecule has 0 amide bonds. The molecule has 6 rings (SSSR count). The van der Waals surface area contributed by atoms with Gasteiger partial charge in [-0.05, 0) is 104 Å². The molecule has 2 saturated carbocycles. The van der Waals surface area contributed by atoms with Gasteiger partial charge in [-0.1, -0.05) is 148 Å². The van der Waals surface area contributed by atoms with Crippen LogP contribution in [-0.4, -0.2) is 28.8 Å². The Balaban J connectivity index is 1.29. The van der Waals surface area contributed by atoms with Crippen LogP contribution in [0.5, 0.6) is 0 Å². The first-order valence-electron chi connectivity index (χ1n) is 19.7. The van der Waals surface area contributed by atoms with E-state index in [1.165, 1.54) is 62.5 Å². The van der Waals surface area contributed by atoms with E-state index in [1.54, 1.807) is 0 Å². The van der Waals surface area contributed by atoms with Crippen LogP contribution >= 0.6 is 0 Å². The highest BCUT2D eigenvalue weighted by Crippen LogP contribution is 2.57. The van der Waals surface area contributed by atoms with Crippen molar-refractivity contribution in [1.82, 2.24) is 0 Å². The molecule has 264 valence electrons. The molecule has 4 heteroatoms. The molecule has 2 fully saturated rings. The molecule has 2 aromatic carbocycles. The minimum absolute atomic E-state index is 0.00647. The quantitative estimate of drug-likeness (QED) is 0.176. The number of aryl methyl sites for hydroxylation is 1. The van der Waals surface area contributed by atoms with Crippen molar-refractivity contribution in [2.75, 3.05) is 6.54 Å². The van der Waals surface area contributed by atoms with Crippen LogP contribution in [-0.2, 0) is 16.6 Å². The van der Waals surface area contributed by atoms with Gasteiger partial charge >= 0.3 is 5.97 Å². The number of nitrogens with two attached hydrogens (primary N) is 1. The van der Waals surface area contributed by atoms with Crippen LogP contribution in [0.4, 0.5) is 0 Å². The van der Waals surface area contributed by atoms with Gasteiger partial charge in [0.2, 0.25) is 0 Å². The number of fused-ring (bicyclic) bond motifs is 1. The van der Waals surface area contributed by atoms with Crippen molar-refractivity contribution >= 4 is 5.97 Å². The van der Waals surface area contributed by atoms with E-state index in [2.05, 4.69) is 91.0 Å². The molecule has 49 heavy (non-hydrogen) atoms. The summed E-state index contributed by atoms with van der Waals surface area (Å²) in [5.74, 6) is 0.653. The molecule has 0 unspecified atom stereocenters. The fraction of sp³-hybridized carbons (Fsp3) is 0.578. The zero-order valence-electron chi connectivity index (χ0n) is 29.6. The van der Waals surface area contributed by atoms with Crippen molar-refractivity contribution in [1.29, 1.82) is 0 Å². The van der Waals surface area contributed by atoms with Gasteiger partial charge in [0.25, 0.3) is 0 Å². The number of aliphatic carboxylic acids is 1. The Morgan fingerprint density at radius 2 is 1.49 bits per heavy atom. The summed E-state index contributed by atoms with van der Waals surface area (Å²) < 4.78 is 0. The van der Waals surface area contributed by atoms with Gasteiger partial charge in [0.15, 0.2) is 0 Å². The summed E-state index contributed by atoms with van der Waals surface area (Å²) in [4.78, 5) is 13.1. The maximum Gasteiger partial charge on any atom is 0.310 e. The zero-order valence-corrected chi connectivity index (χ0v) is 29.6. The average Bonchev–Trinajstić information content (AvgIpc) is 3.14. The highest BCUT2D eigenvalue weighted by Gasteiger charge is 2.54. The molecule has 8 atom stereocenters. The van der Waals surface area contributed by atoms with Crippen molar-refractivity contribution in [3.05, 3.63) is 108 Å². The number of carboxylic acids is 1. The lowest BCUT2D eigenvalue weighted by molar-refractivity contribution is -0.145. The average molecular weight is 664 g/mol. The smallest absolute Gasteiger partial charge is 0.310 e. The van der Waals surface area contributed by atoms with E-state index in [0.717, 1.165) is 44.9 Å². The molecule has 0 spiro atoms. The fourth-order valence-electron chi connectivity index (χ4n) is 10.7. The second-order valence-corrected chi connectivity index (χ2v) is 16.1. The van der Waals surface area contributed by atoms with Crippen molar-refractivity contribution in [2.24, 2.45) is 53.1 Å². The Kier molecular flexibility index (Phi) is 12.7. The van der Waals surface area contributed by atoms with Gasteiger partial charge in [-0.3, -0.25) is 4.79 Å². The predicted octanol–water partition coefficient (Wildman–Crippen LogP) is 9.69. The van der Waals surface area contributed by atoms with E-state index in [-0.39, 0.29) is 41.1 Å². The van der Waals surface area contributed by atoms with Gasteiger partial charge in [-0.25, -0.2) is 0 Å². The third-order valence-electron chi connectivity index (χ3n) is 13.1. The van der Waals surface area contributed by atoms with E-state index in [9.17, 15) is 15.0 Å². The van der Waals surface area contributed by atoms with E-state index in [0.29, 0.717) is 18.4 Å². The Labute approximate surface area is 296 Å². The van der Waals surface area contributed by atoms with E-state index in [4.69, 9.17) is 5.73 Å². The molecular formula is C45H61NO3. The predicted molar refractivity (Wildman–Crippen MR) is 201 cm³/mol. The summed E-state index contributed by atoms with van der Waals surface area (Å²) in [5.41, 5.74) is 9.24. The van der Waals surface area contributed by atoms with Crippen LogP contribution in [0.2, 0.25) is 0 Å². The van der Waals surface area contributed by atoms with Crippen LogP contribution in [0.25, 0.3) is 0 Å². The number of rotatable bonds is 14. The lowest BCUT2D eigenvalue weighted by Crippen LogP contribution is -2.52. The highest BCUT2D eigenvalue weighted by atomic mass is 16.4. The van der Waals surface area contributed by atoms with Crippen molar-refractivity contribution in [3.8, 4) is 0 Å². The standard InChI is InChI=1S/C45H61NO3/c46-32-37-24-26-40(44(48)49)43-41(45(28-11-4-12-29-45)38-19-9-3-10-20-38)27-25-36(42(37)43)30-35(23-22-33-14-5-1-6-15-33)18-13-21-39(47)31-34-16-7-2-8-17-34/h1,3,5-6,9-10,13-15,19-21,24-27,34-37,39-43,47H,2,4,7-8,11-12,16-18,22-23,28-32,46H2,(H,48,49)/t35-,36+,37+,39-,40+,41+,42+,43+/m0/s1. The number of allylic oxidation sites excluding steroid dienone is 3. The van der Waals surface area contributed by atoms with E-state index >= 15 is 0 Å². The molecule has 0 radical (unpaired) electrons. The summed E-state index contributed by atoms with van der Waals surface area (Å²) in [5, 5.41) is 21.7. The second kappa shape index (κ2) is 17.3. The number of carbonyl (C=O) groups is 1. The summed E-state index contributed by atoms with van der Waals surface area (Å²) in [7, 11) is 0. The molecule has 0 aliphatic heterocycles. The minimum Gasteiger partial charge on any atom is -0.481 e. The van der Waals surface area contributed by atoms with Gasteiger partial charge < -0.3 is 15.9 Å². The molecule has 0 saturated heterocycles. The molecule has 4 nitrogen and oxygen atoms in total. The van der Waals surface area contributed by atoms with Gasteiger partial charge in [0.05, 0.1) is 12.0 Å². The fourth-order valence-corrected chi connectivity index (χ4v) is 10.7. The monoisotopic (exact) mass is 663 g/mol. The normalized spacial score (nSPS) is 29.8. The first kappa shape index (κ1) is 35.9. The van der Waals surface area contributed by atoms with Crippen molar-refractivity contribution in [2.45, 2.75) is 108 Å². The maximum atomic E-state index is 13.1. The number of aliphatic hydroxyl groups excluding tert-OH is 1. The van der Waals surface area contributed by atoms with Crippen LogP contribution < -0.4 is 5.73 Å². The first-order chi connectivity index (χ1) is 24.0. The summed E-state index contributed by atoms with van der Waals surface area (Å²) in [6.45, 7) is 0.543. The molecule has 2 aromatic rings. The van der Waals surface area contributed by atoms with E-state index in [1.807, 2.05) is 6.08 Å². The molecule has 0 bridgehead atoms. The topological polar surface area (TPSA) is 83.6 Å². The van der Waals surface area contributed by atoms with E-state index < -0.39 is 11.9 Å². The number of hydrogen-bond acceptors (Lipinski definition) is 3. The van der Waals surface area contributed by atoms with Crippen molar-refractivity contribution in [3.63, 3.8) is 0 Å². The molecular weight excluding hydrogens is 602 g/mol. The molecule has 0 heterocycles. The number of aliphatic hydroxyl groups is 1. The SMILES string of the molecule is NC[C@H]1C=C[C@@H](C(=O)O)[C@H]2[C@@H]1[C@@H](C[C@@H](CC=C[C@H](O)CC1CCCCC1)CCc1ccccc1)C=C[C@H]2C1(c2ccccc2)CCCCC1. The summed E-state index contributed by atoms with van der Waals surface area (Å²) >= 11 is 0. The van der Waals surface area contributed by atoms with Crippen LogP contribution in [0.15, 0.2) is 97.1 Å². The summed E-state index contributed by atoms with van der Waals surface area (Å²) in [6.07, 6.45) is 30.3. The zero-order chi connectivity index (χ0) is 34.1.